The summed E-state index contributed by atoms with van der Waals surface area (Å²) >= 11 is 0. The van der Waals surface area contributed by atoms with E-state index in [2.05, 4.69) is 10.1 Å². The fraction of sp³-hybridized carbons (Fsp3) is 0.833. The van der Waals surface area contributed by atoms with Gasteiger partial charge in [-0.25, -0.2) is 4.79 Å². The number of carboxylic acid groups (broad SMARTS) is 1. The Morgan fingerprint density at radius 2 is 2.28 bits per heavy atom. The van der Waals surface area contributed by atoms with Gasteiger partial charge in [0, 0.05) is 19.1 Å². The smallest absolute Gasteiger partial charge is 0.407 e. The fourth-order valence-electron chi connectivity index (χ4n) is 2.27. The van der Waals surface area contributed by atoms with Crippen LogP contribution in [0.5, 0.6) is 0 Å². The zero-order chi connectivity index (χ0) is 13.5. The third-order valence-corrected chi connectivity index (χ3v) is 3.28. The monoisotopic (exact) mass is 258 g/mol. The first-order chi connectivity index (χ1) is 8.58. The van der Waals surface area contributed by atoms with Crippen molar-refractivity contribution < 1.29 is 19.4 Å². The Hall–Kier alpha value is -1.30. The minimum Gasteiger partial charge on any atom is -0.480 e. The Morgan fingerprint density at radius 3 is 2.83 bits per heavy atom. The number of carbonyl (C=O) groups excluding carboxylic acids is 1. The molecule has 0 spiro atoms. The van der Waals surface area contributed by atoms with Crippen molar-refractivity contribution >= 4 is 12.1 Å². The van der Waals surface area contributed by atoms with Crippen LogP contribution in [0.25, 0.3) is 0 Å². The highest BCUT2D eigenvalue weighted by Crippen LogP contribution is 2.17. The van der Waals surface area contributed by atoms with Crippen LogP contribution in [-0.4, -0.2) is 54.4 Å². The van der Waals surface area contributed by atoms with Crippen LogP contribution < -0.4 is 5.32 Å². The number of nitrogens with one attached hydrogen (secondary N) is 1. The Kier molecular flexibility index (Phi) is 5.91. The number of alkyl carbamates (subject to hydrolysis) is 1. The summed E-state index contributed by atoms with van der Waals surface area (Å²) < 4.78 is 4.54. The summed E-state index contributed by atoms with van der Waals surface area (Å²) in [6.07, 6.45) is 2.87. The van der Waals surface area contributed by atoms with Crippen LogP contribution in [-0.2, 0) is 9.53 Å². The van der Waals surface area contributed by atoms with Crippen molar-refractivity contribution in [3.63, 3.8) is 0 Å². The molecule has 1 fully saturated rings. The lowest BCUT2D eigenvalue weighted by molar-refractivity contribution is -0.143. The molecule has 0 saturated carbocycles. The van der Waals surface area contributed by atoms with Gasteiger partial charge in [0.05, 0.1) is 7.11 Å². The molecule has 18 heavy (non-hydrogen) atoms. The van der Waals surface area contributed by atoms with E-state index in [0.717, 1.165) is 19.3 Å². The zero-order valence-electron chi connectivity index (χ0n) is 11.0. The van der Waals surface area contributed by atoms with E-state index in [1.807, 2.05) is 11.8 Å². The van der Waals surface area contributed by atoms with Crippen LogP contribution in [0.4, 0.5) is 4.79 Å². The number of carboxylic acids is 1. The van der Waals surface area contributed by atoms with Crippen LogP contribution in [0.3, 0.4) is 0 Å². The standard InChI is InChI=1S/C12H22N2O4/c1-3-4-5-10(11(15)16)14-7-6-9(8-14)13-12(17)18-2/h9-10H,3-8H2,1-2H3,(H,13,17)(H,15,16). The molecule has 0 aromatic rings. The van der Waals surface area contributed by atoms with Gasteiger partial charge in [-0.2, -0.15) is 0 Å². The topological polar surface area (TPSA) is 78.9 Å². The Labute approximate surface area is 107 Å². The van der Waals surface area contributed by atoms with Gasteiger partial charge in [-0.3, -0.25) is 9.69 Å². The average Bonchev–Trinajstić information content (AvgIpc) is 2.77. The lowest BCUT2D eigenvalue weighted by atomic mass is 10.1. The summed E-state index contributed by atoms with van der Waals surface area (Å²) in [5.41, 5.74) is 0. The molecule has 1 saturated heterocycles. The van der Waals surface area contributed by atoms with Gasteiger partial charge in [0.1, 0.15) is 6.04 Å². The number of unbranched alkanes of at least 4 members (excludes halogenated alkanes) is 1. The highest BCUT2D eigenvalue weighted by molar-refractivity contribution is 5.73. The molecule has 2 N–H and O–H groups in total. The Morgan fingerprint density at radius 1 is 1.56 bits per heavy atom. The SMILES string of the molecule is CCCCC(C(=O)O)N1CCC(NC(=O)OC)C1. The Balaban J connectivity index is 2.46. The number of likely N-dealkylation sites (tertiary alicyclic amines) is 1. The highest BCUT2D eigenvalue weighted by atomic mass is 16.5. The number of hydrogen-bond donors (Lipinski definition) is 2. The molecule has 1 heterocycles. The van der Waals surface area contributed by atoms with Gasteiger partial charge in [0.25, 0.3) is 0 Å². The summed E-state index contributed by atoms with van der Waals surface area (Å²) in [5, 5.41) is 11.9. The van der Waals surface area contributed by atoms with Crippen LogP contribution in [0.2, 0.25) is 0 Å². The summed E-state index contributed by atoms with van der Waals surface area (Å²) in [6, 6.07) is -0.449. The molecule has 104 valence electrons. The third kappa shape index (κ3) is 4.18. The second kappa shape index (κ2) is 7.20. The molecule has 0 radical (unpaired) electrons. The van der Waals surface area contributed by atoms with Gasteiger partial charge >= 0.3 is 12.1 Å². The lowest BCUT2D eigenvalue weighted by Gasteiger charge is -2.24. The van der Waals surface area contributed by atoms with Gasteiger partial charge in [0.2, 0.25) is 0 Å². The summed E-state index contributed by atoms with van der Waals surface area (Å²) in [4.78, 5) is 24.2. The molecule has 0 aromatic carbocycles. The van der Waals surface area contributed by atoms with Gasteiger partial charge in [-0.1, -0.05) is 19.8 Å². The van der Waals surface area contributed by atoms with Crippen molar-refractivity contribution in [1.29, 1.82) is 0 Å². The number of hydrogen-bond acceptors (Lipinski definition) is 4. The van der Waals surface area contributed by atoms with E-state index in [0.29, 0.717) is 19.5 Å². The molecule has 2 unspecified atom stereocenters. The molecule has 6 heteroatoms. The van der Waals surface area contributed by atoms with E-state index in [9.17, 15) is 14.7 Å². The number of rotatable bonds is 6. The summed E-state index contributed by atoms with van der Waals surface area (Å²) in [7, 11) is 1.32. The van der Waals surface area contributed by atoms with Crippen molar-refractivity contribution in [3.8, 4) is 0 Å². The number of methoxy groups -OCH3 is 1. The van der Waals surface area contributed by atoms with Crippen molar-refractivity contribution in [1.82, 2.24) is 10.2 Å². The second-order valence-electron chi connectivity index (χ2n) is 4.61. The van der Waals surface area contributed by atoms with Crippen molar-refractivity contribution in [2.45, 2.75) is 44.7 Å². The maximum Gasteiger partial charge on any atom is 0.407 e. The molecule has 1 rings (SSSR count). The molecular formula is C12H22N2O4. The van der Waals surface area contributed by atoms with E-state index in [-0.39, 0.29) is 6.04 Å². The van der Waals surface area contributed by atoms with Gasteiger partial charge < -0.3 is 15.2 Å². The quantitative estimate of drug-likeness (QED) is 0.744. The predicted octanol–water partition coefficient (Wildman–Crippen LogP) is 1.06. The molecule has 1 aliphatic heterocycles. The third-order valence-electron chi connectivity index (χ3n) is 3.28. The first kappa shape index (κ1) is 14.8. The van der Waals surface area contributed by atoms with E-state index in [4.69, 9.17) is 0 Å². The molecule has 0 aromatic heterocycles. The van der Waals surface area contributed by atoms with Gasteiger partial charge in [0.15, 0.2) is 0 Å². The maximum absolute atomic E-state index is 11.2. The maximum atomic E-state index is 11.2. The van der Waals surface area contributed by atoms with E-state index < -0.39 is 18.1 Å². The number of carbonyl (C=O) groups is 2. The van der Waals surface area contributed by atoms with E-state index >= 15 is 0 Å². The lowest BCUT2D eigenvalue weighted by Crippen LogP contribution is -2.43. The van der Waals surface area contributed by atoms with Crippen LogP contribution in [0.15, 0.2) is 0 Å². The summed E-state index contributed by atoms with van der Waals surface area (Å²) in [5.74, 6) is -0.776. The molecule has 1 aliphatic rings. The first-order valence-electron chi connectivity index (χ1n) is 6.39. The van der Waals surface area contributed by atoms with Crippen molar-refractivity contribution in [2.75, 3.05) is 20.2 Å². The Bertz CT molecular complexity index is 296. The van der Waals surface area contributed by atoms with Crippen LogP contribution >= 0.6 is 0 Å². The predicted molar refractivity (Wildman–Crippen MR) is 66.5 cm³/mol. The number of amides is 1. The van der Waals surface area contributed by atoms with E-state index in [1.54, 1.807) is 0 Å². The number of aliphatic carboxylic acids is 1. The summed E-state index contributed by atoms with van der Waals surface area (Å²) in [6.45, 7) is 3.33. The molecule has 2 atom stereocenters. The van der Waals surface area contributed by atoms with E-state index in [1.165, 1.54) is 7.11 Å². The molecule has 1 amide bonds. The van der Waals surface area contributed by atoms with Crippen LogP contribution in [0.1, 0.15) is 32.6 Å². The van der Waals surface area contributed by atoms with Crippen molar-refractivity contribution in [2.24, 2.45) is 0 Å². The number of ether oxygens (including phenoxy) is 1. The minimum absolute atomic E-state index is 0.0130. The average molecular weight is 258 g/mol. The molecule has 6 nitrogen and oxygen atoms in total. The largest absolute Gasteiger partial charge is 0.480 e. The minimum atomic E-state index is -0.776. The van der Waals surface area contributed by atoms with Crippen molar-refractivity contribution in [3.05, 3.63) is 0 Å². The highest BCUT2D eigenvalue weighted by Gasteiger charge is 2.32. The fourth-order valence-corrected chi connectivity index (χ4v) is 2.27. The molecular weight excluding hydrogens is 236 g/mol. The van der Waals surface area contributed by atoms with Gasteiger partial charge in [-0.05, 0) is 12.8 Å². The number of nitrogens with zero attached hydrogens (tertiary/aromatic N) is 1. The normalized spacial score (nSPS) is 21.6. The zero-order valence-corrected chi connectivity index (χ0v) is 11.0. The second-order valence-corrected chi connectivity index (χ2v) is 4.61. The molecule has 0 bridgehead atoms. The first-order valence-corrected chi connectivity index (χ1v) is 6.39. The van der Waals surface area contributed by atoms with Gasteiger partial charge in [-0.15, -0.1) is 0 Å². The molecule has 0 aliphatic carbocycles. The van der Waals surface area contributed by atoms with Crippen LogP contribution in [0, 0.1) is 0 Å².